The fraction of sp³-hybridized carbons (Fsp3) is 0.217. The highest BCUT2D eigenvalue weighted by Gasteiger charge is 2.32. The van der Waals surface area contributed by atoms with Gasteiger partial charge < -0.3 is 15.8 Å². The molecule has 0 radical (unpaired) electrons. The van der Waals surface area contributed by atoms with Crippen molar-refractivity contribution in [1.82, 2.24) is 14.8 Å². The van der Waals surface area contributed by atoms with Crippen LogP contribution in [0.15, 0.2) is 42.6 Å². The van der Waals surface area contributed by atoms with Crippen LogP contribution in [0.3, 0.4) is 0 Å². The number of carbonyl (C=O) groups excluding carboxylic acids is 2. The second kappa shape index (κ2) is 9.23. The van der Waals surface area contributed by atoms with E-state index < -0.39 is 18.2 Å². The summed E-state index contributed by atoms with van der Waals surface area (Å²) in [6, 6.07) is 9.63. The van der Waals surface area contributed by atoms with Gasteiger partial charge >= 0.3 is 0 Å². The highest BCUT2D eigenvalue weighted by molar-refractivity contribution is 7.21. The van der Waals surface area contributed by atoms with Crippen molar-refractivity contribution < 1.29 is 23.1 Å². The molecule has 35 heavy (non-hydrogen) atoms. The maximum absolute atomic E-state index is 13.4. The summed E-state index contributed by atoms with van der Waals surface area (Å²) >= 11 is 6.74. The number of anilines is 1. The van der Waals surface area contributed by atoms with Crippen LogP contribution >= 0.6 is 22.9 Å². The fourth-order valence-corrected chi connectivity index (χ4v) is 4.82. The average Bonchev–Trinajstić information content (AvgIpc) is 3.45. The van der Waals surface area contributed by atoms with Crippen LogP contribution in [0, 0.1) is 0 Å². The fourth-order valence-electron chi connectivity index (χ4n) is 3.67. The monoisotopic (exact) mass is 517 g/mol. The smallest absolute Gasteiger partial charge is 0.280 e. The van der Waals surface area contributed by atoms with Crippen LogP contribution < -0.4 is 15.8 Å². The summed E-state index contributed by atoms with van der Waals surface area (Å²) in [7, 11) is 0. The number of pyridine rings is 1. The zero-order chi connectivity index (χ0) is 24.7. The number of benzene rings is 1. The molecular formula is C23H18ClF2N5O3S. The number of amides is 2. The zero-order valence-electron chi connectivity index (χ0n) is 18.0. The first kappa shape index (κ1) is 23.2. The molecule has 180 valence electrons. The van der Waals surface area contributed by atoms with E-state index in [1.165, 1.54) is 16.8 Å². The Bertz CT molecular complexity index is 1430. The van der Waals surface area contributed by atoms with Gasteiger partial charge in [-0.15, -0.1) is 11.3 Å². The molecule has 0 bridgehead atoms. The molecule has 2 amide bonds. The number of thiophene rings is 1. The Kier molecular flexibility index (Phi) is 6.12. The van der Waals surface area contributed by atoms with Crippen LogP contribution in [-0.2, 0) is 6.73 Å². The molecule has 0 saturated heterocycles. The molecule has 0 atom stereocenters. The largest absolute Gasteiger partial charge is 0.471 e. The van der Waals surface area contributed by atoms with Gasteiger partial charge in [-0.25, -0.2) is 18.4 Å². The number of ether oxygens (including phenoxy) is 1. The van der Waals surface area contributed by atoms with Gasteiger partial charge in [-0.05, 0) is 60.7 Å². The quantitative estimate of drug-likeness (QED) is 0.327. The lowest BCUT2D eigenvalue weighted by Crippen LogP contribution is -2.18. The minimum atomic E-state index is -2.76. The van der Waals surface area contributed by atoms with E-state index in [0.29, 0.717) is 21.7 Å². The van der Waals surface area contributed by atoms with Crippen molar-refractivity contribution >= 4 is 50.7 Å². The van der Waals surface area contributed by atoms with E-state index in [0.717, 1.165) is 24.2 Å². The van der Waals surface area contributed by atoms with E-state index in [9.17, 15) is 18.4 Å². The summed E-state index contributed by atoms with van der Waals surface area (Å²) < 4.78 is 33.8. The summed E-state index contributed by atoms with van der Waals surface area (Å²) in [4.78, 5) is 29.4. The SMILES string of the molecule is NC(=O)c1sc2nc(C(F)F)cc(C3CC3)c2c1NC(=O)c1ccn(COc2ccc(Cl)cc2)n1. The Morgan fingerprint density at radius 3 is 2.66 bits per heavy atom. The third kappa shape index (κ3) is 4.82. The average molecular weight is 518 g/mol. The standard InChI is InChI=1S/C23H18ClF2N5O3S/c24-12-3-5-13(6-4-12)34-10-31-8-7-15(30-31)22(33)29-18-17-14(11-1-2-11)9-16(20(25)26)28-23(17)35-19(18)21(27)32/h3-9,11,20H,1-2,10H2,(H2,27,32)(H,29,33). The summed E-state index contributed by atoms with van der Waals surface area (Å²) in [5.74, 6) is -0.731. The topological polar surface area (TPSA) is 112 Å². The van der Waals surface area contributed by atoms with Crippen LogP contribution in [0.5, 0.6) is 5.75 Å². The first-order valence-corrected chi connectivity index (χ1v) is 11.8. The normalized spacial score (nSPS) is 13.4. The van der Waals surface area contributed by atoms with Gasteiger partial charge in [0.05, 0.1) is 5.69 Å². The number of halogens is 3. The Morgan fingerprint density at radius 2 is 2.00 bits per heavy atom. The van der Waals surface area contributed by atoms with Gasteiger partial charge in [0, 0.05) is 16.6 Å². The number of hydrogen-bond acceptors (Lipinski definition) is 6. The number of rotatable bonds is 8. The number of hydrogen-bond donors (Lipinski definition) is 2. The summed E-state index contributed by atoms with van der Waals surface area (Å²) in [5, 5.41) is 7.97. The molecule has 0 unspecified atom stereocenters. The predicted octanol–water partition coefficient (Wildman–Crippen LogP) is 5.35. The van der Waals surface area contributed by atoms with Crippen molar-refractivity contribution in [3.63, 3.8) is 0 Å². The first-order valence-electron chi connectivity index (χ1n) is 10.6. The lowest BCUT2D eigenvalue weighted by molar-refractivity contribution is 0.100. The number of aromatic nitrogens is 3. The number of nitrogens with two attached hydrogens (primary N) is 1. The van der Waals surface area contributed by atoms with Crippen molar-refractivity contribution in [2.24, 2.45) is 5.73 Å². The molecule has 4 aromatic rings. The van der Waals surface area contributed by atoms with Crippen LogP contribution in [0.25, 0.3) is 10.2 Å². The molecule has 1 aromatic carbocycles. The predicted molar refractivity (Wildman–Crippen MR) is 127 cm³/mol. The number of nitrogens with one attached hydrogen (secondary N) is 1. The van der Waals surface area contributed by atoms with Crippen molar-refractivity contribution in [2.75, 3.05) is 5.32 Å². The van der Waals surface area contributed by atoms with E-state index in [2.05, 4.69) is 15.4 Å². The molecule has 3 N–H and O–H groups in total. The van der Waals surface area contributed by atoms with Crippen molar-refractivity contribution in [2.45, 2.75) is 31.9 Å². The minimum Gasteiger partial charge on any atom is -0.471 e. The molecule has 1 fully saturated rings. The number of alkyl halides is 2. The number of fused-ring (bicyclic) bond motifs is 1. The molecule has 1 saturated carbocycles. The van der Waals surface area contributed by atoms with Gasteiger partial charge in [-0.3, -0.25) is 9.59 Å². The third-order valence-electron chi connectivity index (χ3n) is 5.47. The lowest BCUT2D eigenvalue weighted by Gasteiger charge is -2.09. The molecular weight excluding hydrogens is 500 g/mol. The van der Waals surface area contributed by atoms with Gasteiger partial charge in [0.1, 0.15) is 21.2 Å². The van der Waals surface area contributed by atoms with Crippen molar-refractivity contribution in [3.05, 3.63) is 69.4 Å². The van der Waals surface area contributed by atoms with E-state index in [4.69, 9.17) is 22.1 Å². The Balaban J connectivity index is 1.42. The molecule has 0 aliphatic heterocycles. The van der Waals surface area contributed by atoms with Crippen LogP contribution in [0.1, 0.15) is 56.6 Å². The van der Waals surface area contributed by atoms with Gasteiger partial charge in [-0.1, -0.05) is 11.6 Å². The molecule has 0 spiro atoms. The van der Waals surface area contributed by atoms with Gasteiger partial charge in [-0.2, -0.15) is 5.10 Å². The molecule has 8 nitrogen and oxygen atoms in total. The molecule has 12 heteroatoms. The van der Waals surface area contributed by atoms with E-state index in [-0.39, 0.29) is 39.4 Å². The Labute approximate surface area is 206 Å². The summed E-state index contributed by atoms with van der Waals surface area (Å²) in [6.07, 6.45) is 0.467. The number of nitrogens with zero attached hydrogens (tertiary/aromatic N) is 3. The second-order valence-corrected chi connectivity index (χ2v) is 9.42. The Morgan fingerprint density at radius 1 is 1.26 bits per heavy atom. The maximum Gasteiger partial charge on any atom is 0.280 e. The van der Waals surface area contributed by atoms with E-state index >= 15 is 0 Å². The van der Waals surface area contributed by atoms with Gasteiger partial charge in [0.15, 0.2) is 12.4 Å². The third-order valence-corrected chi connectivity index (χ3v) is 6.82. The molecule has 5 rings (SSSR count). The molecule has 3 aromatic heterocycles. The maximum atomic E-state index is 13.4. The van der Waals surface area contributed by atoms with Crippen molar-refractivity contribution in [3.8, 4) is 5.75 Å². The van der Waals surface area contributed by atoms with Crippen LogP contribution in [-0.4, -0.2) is 26.6 Å². The Hall–Kier alpha value is -3.57. The van der Waals surface area contributed by atoms with Gasteiger partial charge in [0.25, 0.3) is 18.2 Å². The highest BCUT2D eigenvalue weighted by Crippen LogP contribution is 2.48. The second-order valence-electron chi connectivity index (χ2n) is 7.98. The van der Waals surface area contributed by atoms with E-state index in [1.54, 1.807) is 30.5 Å². The first-order chi connectivity index (χ1) is 16.8. The lowest BCUT2D eigenvalue weighted by atomic mass is 10.0. The summed E-state index contributed by atoms with van der Waals surface area (Å²) in [5.41, 5.74) is 6.05. The van der Waals surface area contributed by atoms with Crippen LogP contribution in [0.2, 0.25) is 5.02 Å². The number of primary amides is 1. The van der Waals surface area contributed by atoms with E-state index in [1.807, 2.05) is 0 Å². The minimum absolute atomic E-state index is 0.0414. The highest BCUT2D eigenvalue weighted by atomic mass is 35.5. The molecule has 1 aliphatic carbocycles. The van der Waals surface area contributed by atoms with Crippen LogP contribution in [0.4, 0.5) is 14.5 Å². The van der Waals surface area contributed by atoms with Gasteiger partial charge in [0.2, 0.25) is 0 Å². The zero-order valence-corrected chi connectivity index (χ0v) is 19.6. The number of carbonyl (C=O) groups is 2. The summed E-state index contributed by atoms with van der Waals surface area (Å²) in [6.45, 7) is 0.0506. The molecule has 3 heterocycles. The molecule has 1 aliphatic rings. The van der Waals surface area contributed by atoms with Crippen molar-refractivity contribution in [1.29, 1.82) is 0 Å².